The lowest BCUT2D eigenvalue weighted by atomic mass is 10.5. The molecule has 0 aliphatic rings. The number of nitrogens with one attached hydrogen (secondary N) is 2. The number of rotatable bonds is 8. The molecule has 0 spiro atoms. The topological polar surface area (TPSA) is 154 Å². The first kappa shape index (κ1) is 20.0. The molecule has 2 rings (SSSR count). The van der Waals surface area contributed by atoms with Crippen molar-refractivity contribution in [3.63, 3.8) is 0 Å². The lowest BCUT2D eigenvalue weighted by molar-refractivity contribution is -0.199. The normalized spacial score (nSPS) is 11.8. The van der Waals surface area contributed by atoms with Crippen LogP contribution in [0.15, 0.2) is 11.1 Å². The predicted molar refractivity (Wildman–Crippen MR) is 90.5 cm³/mol. The average molecular weight is 381 g/mol. The van der Waals surface area contributed by atoms with Crippen LogP contribution in [0.5, 0.6) is 0 Å². The van der Waals surface area contributed by atoms with Crippen molar-refractivity contribution in [3.05, 3.63) is 16.7 Å². The number of hydrogen-bond acceptors (Lipinski definition) is 9. The maximum absolute atomic E-state index is 12.3. The average Bonchev–Trinajstić information content (AvgIpc) is 2.96. The Kier molecular flexibility index (Phi) is 6.60. The minimum Gasteiger partial charge on any atom is -0.466 e. The number of ether oxygens (including phenoxy) is 3. The van der Waals surface area contributed by atoms with Crippen molar-refractivity contribution >= 4 is 35.0 Å². The Labute approximate surface area is 152 Å². The molecule has 1 unspecified atom stereocenters. The van der Waals surface area contributed by atoms with Crippen molar-refractivity contribution in [2.75, 3.05) is 18.5 Å². The standard InChI is InChI=1S/C15H19N5O7/c1-8(21)17-14-18-12-11(13(24)19-14)20(7-16-12)15(27-10(3)23)26-6-4-5-25-9(2)22/h7,15H,4-6H2,1-3H3,(H2,17,18,19,21,24). The zero-order chi connectivity index (χ0) is 20.0. The maximum atomic E-state index is 12.3. The van der Waals surface area contributed by atoms with Crippen molar-refractivity contribution in [2.24, 2.45) is 0 Å². The highest BCUT2D eigenvalue weighted by atomic mass is 16.7. The van der Waals surface area contributed by atoms with E-state index in [1.165, 1.54) is 31.7 Å². The number of imidazole rings is 1. The van der Waals surface area contributed by atoms with Crippen LogP contribution in [0.4, 0.5) is 5.95 Å². The van der Waals surface area contributed by atoms with Crippen LogP contribution < -0.4 is 10.9 Å². The number of esters is 2. The van der Waals surface area contributed by atoms with Gasteiger partial charge in [0.2, 0.25) is 11.9 Å². The third-order valence-corrected chi connectivity index (χ3v) is 3.08. The van der Waals surface area contributed by atoms with Crippen LogP contribution >= 0.6 is 0 Å². The molecular formula is C15H19N5O7. The molecule has 2 aromatic rings. The molecule has 0 saturated carbocycles. The first-order chi connectivity index (χ1) is 12.8. The van der Waals surface area contributed by atoms with Gasteiger partial charge in [0, 0.05) is 27.2 Å². The molecule has 0 aromatic carbocycles. The molecule has 2 heterocycles. The summed E-state index contributed by atoms with van der Waals surface area (Å²) in [6, 6.07) is 0. The molecule has 2 N–H and O–H groups in total. The molecule has 0 aliphatic heterocycles. The Bertz CT molecular complexity index is 904. The second-order valence-corrected chi connectivity index (χ2v) is 5.40. The smallest absolute Gasteiger partial charge is 0.306 e. The predicted octanol–water partition coefficient (Wildman–Crippen LogP) is 0.0670. The number of anilines is 1. The highest BCUT2D eigenvalue weighted by Crippen LogP contribution is 2.17. The van der Waals surface area contributed by atoms with E-state index in [1.807, 2.05) is 0 Å². The van der Waals surface area contributed by atoms with Crippen LogP contribution in [0.1, 0.15) is 33.6 Å². The molecule has 0 fully saturated rings. The fourth-order valence-electron chi connectivity index (χ4n) is 2.11. The van der Waals surface area contributed by atoms with E-state index in [4.69, 9.17) is 14.2 Å². The Morgan fingerprint density at radius 2 is 1.96 bits per heavy atom. The minimum absolute atomic E-state index is 0.00432. The fourth-order valence-corrected chi connectivity index (χ4v) is 2.11. The summed E-state index contributed by atoms with van der Waals surface area (Å²) in [5.41, 5.74) is -0.583. The molecule has 0 bridgehead atoms. The van der Waals surface area contributed by atoms with Gasteiger partial charge in [-0.05, 0) is 0 Å². The number of hydrogen-bond donors (Lipinski definition) is 2. The number of aromatic nitrogens is 4. The van der Waals surface area contributed by atoms with Crippen LogP contribution in [-0.2, 0) is 28.6 Å². The van der Waals surface area contributed by atoms with E-state index in [-0.39, 0.29) is 30.3 Å². The highest BCUT2D eigenvalue weighted by Gasteiger charge is 2.21. The molecule has 27 heavy (non-hydrogen) atoms. The Morgan fingerprint density at radius 3 is 2.59 bits per heavy atom. The van der Waals surface area contributed by atoms with E-state index in [0.29, 0.717) is 6.42 Å². The largest absolute Gasteiger partial charge is 0.466 e. The molecule has 0 radical (unpaired) electrons. The van der Waals surface area contributed by atoms with E-state index in [2.05, 4.69) is 20.3 Å². The third-order valence-electron chi connectivity index (χ3n) is 3.08. The third kappa shape index (κ3) is 5.60. The molecule has 0 saturated heterocycles. The summed E-state index contributed by atoms with van der Waals surface area (Å²) in [5.74, 6) is -1.52. The number of H-pyrrole nitrogens is 1. The summed E-state index contributed by atoms with van der Waals surface area (Å²) in [6.07, 6.45) is 0.314. The van der Waals surface area contributed by atoms with Crippen LogP contribution in [0, 0.1) is 0 Å². The SMILES string of the molecule is CC(=O)Nc1nc2ncn(C(OCCCOC(C)=O)OC(C)=O)c2c(=O)[nH]1. The minimum atomic E-state index is -1.26. The van der Waals surface area contributed by atoms with Gasteiger partial charge < -0.3 is 14.2 Å². The first-order valence-electron chi connectivity index (χ1n) is 7.94. The number of amides is 1. The van der Waals surface area contributed by atoms with Crippen LogP contribution in [0.25, 0.3) is 11.2 Å². The lowest BCUT2D eigenvalue weighted by Gasteiger charge is -2.19. The van der Waals surface area contributed by atoms with Crippen molar-refractivity contribution < 1.29 is 28.6 Å². The van der Waals surface area contributed by atoms with Gasteiger partial charge in [-0.1, -0.05) is 0 Å². The van der Waals surface area contributed by atoms with Gasteiger partial charge in [-0.25, -0.2) is 4.98 Å². The van der Waals surface area contributed by atoms with E-state index in [0.717, 1.165) is 0 Å². The number of carbonyl (C=O) groups is 3. The summed E-state index contributed by atoms with van der Waals surface area (Å²) in [6.45, 7) is 3.96. The van der Waals surface area contributed by atoms with Gasteiger partial charge >= 0.3 is 11.9 Å². The summed E-state index contributed by atoms with van der Waals surface area (Å²) >= 11 is 0. The summed E-state index contributed by atoms with van der Waals surface area (Å²) < 4.78 is 16.5. The summed E-state index contributed by atoms with van der Waals surface area (Å²) in [5, 5.41) is 2.35. The monoisotopic (exact) mass is 381 g/mol. The van der Waals surface area contributed by atoms with Crippen molar-refractivity contribution in [1.29, 1.82) is 0 Å². The highest BCUT2D eigenvalue weighted by molar-refractivity contribution is 5.87. The van der Waals surface area contributed by atoms with Crippen LogP contribution in [-0.4, -0.2) is 50.6 Å². The van der Waals surface area contributed by atoms with Crippen LogP contribution in [0.2, 0.25) is 0 Å². The maximum Gasteiger partial charge on any atom is 0.306 e. The molecule has 2 aromatic heterocycles. The van der Waals surface area contributed by atoms with E-state index < -0.39 is 29.8 Å². The van der Waals surface area contributed by atoms with Gasteiger partial charge in [0.15, 0.2) is 11.2 Å². The zero-order valence-electron chi connectivity index (χ0n) is 15.0. The quantitative estimate of drug-likeness (QED) is 0.367. The van der Waals surface area contributed by atoms with Gasteiger partial charge in [0.1, 0.15) is 6.33 Å². The van der Waals surface area contributed by atoms with Gasteiger partial charge in [0.05, 0.1) is 13.2 Å². The van der Waals surface area contributed by atoms with E-state index in [1.54, 1.807) is 0 Å². The van der Waals surface area contributed by atoms with Crippen molar-refractivity contribution in [1.82, 2.24) is 19.5 Å². The van der Waals surface area contributed by atoms with E-state index >= 15 is 0 Å². The second-order valence-electron chi connectivity index (χ2n) is 5.40. The zero-order valence-corrected chi connectivity index (χ0v) is 15.0. The van der Waals surface area contributed by atoms with E-state index in [9.17, 15) is 19.2 Å². The van der Waals surface area contributed by atoms with Crippen LogP contribution in [0.3, 0.4) is 0 Å². The first-order valence-corrected chi connectivity index (χ1v) is 7.94. The number of carbonyl (C=O) groups excluding carboxylic acids is 3. The second kappa shape index (κ2) is 8.89. The lowest BCUT2D eigenvalue weighted by Crippen LogP contribution is -2.23. The van der Waals surface area contributed by atoms with Gasteiger partial charge in [-0.2, -0.15) is 4.98 Å². The fraction of sp³-hybridized carbons (Fsp3) is 0.467. The number of aromatic amines is 1. The van der Waals surface area contributed by atoms with Gasteiger partial charge in [-0.15, -0.1) is 0 Å². The summed E-state index contributed by atoms with van der Waals surface area (Å²) in [7, 11) is 0. The molecule has 12 heteroatoms. The molecule has 12 nitrogen and oxygen atoms in total. The van der Waals surface area contributed by atoms with Crippen molar-refractivity contribution in [2.45, 2.75) is 33.6 Å². The Morgan fingerprint density at radius 1 is 1.22 bits per heavy atom. The molecule has 0 aliphatic carbocycles. The van der Waals surface area contributed by atoms with Gasteiger partial charge in [-0.3, -0.25) is 34.0 Å². The molecule has 1 atom stereocenters. The Balaban J connectivity index is 2.23. The molecular weight excluding hydrogens is 362 g/mol. The number of fused-ring (bicyclic) bond motifs is 1. The summed E-state index contributed by atoms with van der Waals surface area (Å²) in [4.78, 5) is 55.9. The Hall–Kier alpha value is -3.28. The van der Waals surface area contributed by atoms with Gasteiger partial charge in [0.25, 0.3) is 12.0 Å². The molecule has 146 valence electrons. The van der Waals surface area contributed by atoms with Crippen molar-refractivity contribution in [3.8, 4) is 0 Å². The number of nitrogens with zero attached hydrogens (tertiary/aromatic N) is 3. The molecule has 1 amide bonds.